The van der Waals surface area contributed by atoms with Gasteiger partial charge in [0.05, 0.1) is 10.9 Å². The lowest BCUT2D eigenvalue weighted by Gasteiger charge is -2.06. The number of benzene rings is 1. The minimum absolute atomic E-state index is 0.326. The molecule has 3 rings (SSSR count). The normalized spacial score (nSPS) is 13.9. The molecular formula is C10H8FN3O. The standard InChI is InChI=1S/C10H8FN3O/c11-6-2-1-3-7-8(6)9-12-4-5-14(9)10(15)13-7/h1-3,12H,4-5H2. The van der Waals surface area contributed by atoms with Gasteiger partial charge in [0.15, 0.2) is 0 Å². The Labute approximate surface area is 84.4 Å². The zero-order valence-corrected chi connectivity index (χ0v) is 7.83. The van der Waals surface area contributed by atoms with Crippen molar-refractivity contribution in [2.75, 3.05) is 11.9 Å². The number of nitrogens with one attached hydrogen (secondary N) is 1. The van der Waals surface area contributed by atoms with Crippen LogP contribution in [0.2, 0.25) is 0 Å². The van der Waals surface area contributed by atoms with Crippen molar-refractivity contribution in [2.24, 2.45) is 0 Å². The van der Waals surface area contributed by atoms with E-state index in [2.05, 4.69) is 10.3 Å². The smallest absolute Gasteiger partial charge is 0.349 e. The van der Waals surface area contributed by atoms with E-state index in [-0.39, 0.29) is 11.5 Å². The van der Waals surface area contributed by atoms with Crippen LogP contribution in [-0.2, 0) is 6.54 Å². The summed E-state index contributed by atoms with van der Waals surface area (Å²) in [7, 11) is 0. The molecule has 1 aromatic carbocycles. The van der Waals surface area contributed by atoms with Gasteiger partial charge in [0, 0.05) is 13.1 Å². The maximum atomic E-state index is 13.6. The molecule has 4 nitrogen and oxygen atoms in total. The predicted octanol–water partition coefficient (Wildman–Crippen LogP) is 0.961. The van der Waals surface area contributed by atoms with E-state index in [1.165, 1.54) is 10.6 Å². The highest BCUT2D eigenvalue weighted by atomic mass is 19.1. The molecular weight excluding hydrogens is 197 g/mol. The monoisotopic (exact) mass is 205 g/mol. The molecule has 0 spiro atoms. The number of anilines is 1. The van der Waals surface area contributed by atoms with Crippen molar-refractivity contribution >= 4 is 16.7 Å². The van der Waals surface area contributed by atoms with Crippen molar-refractivity contribution in [3.05, 3.63) is 34.5 Å². The van der Waals surface area contributed by atoms with E-state index in [1.807, 2.05) is 0 Å². The van der Waals surface area contributed by atoms with Crippen LogP contribution in [0.3, 0.4) is 0 Å². The minimum Gasteiger partial charge on any atom is -0.369 e. The quantitative estimate of drug-likeness (QED) is 0.696. The van der Waals surface area contributed by atoms with E-state index in [0.717, 1.165) is 0 Å². The molecule has 0 unspecified atom stereocenters. The summed E-state index contributed by atoms with van der Waals surface area (Å²) in [6.45, 7) is 1.19. The molecule has 0 amide bonds. The number of nitrogens with zero attached hydrogens (tertiary/aromatic N) is 2. The zero-order chi connectivity index (χ0) is 10.4. The Kier molecular flexibility index (Phi) is 1.56. The van der Waals surface area contributed by atoms with Crippen LogP contribution in [0.5, 0.6) is 0 Å². The highest BCUT2D eigenvalue weighted by Crippen LogP contribution is 2.25. The number of hydrogen-bond donors (Lipinski definition) is 1. The third-order valence-electron chi connectivity index (χ3n) is 2.57. The van der Waals surface area contributed by atoms with Crippen molar-refractivity contribution < 1.29 is 4.39 Å². The molecule has 2 aromatic rings. The molecule has 0 saturated heterocycles. The molecule has 0 bridgehead atoms. The number of aromatic nitrogens is 2. The molecule has 15 heavy (non-hydrogen) atoms. The summed E-state index contributed by atoms with van der Waals surface area (Å²) >= 11 is 0. The molecule has 1 aliphatic rings. The van der Waals surface area contributed by atoms with Crippen molar-refractivity contribution in [1.29, 1.82) is 0 Å². The van der Waals surface area contributed by atoms with Gasteiger partial charge in [-0.2, -0.15) is 4.98 Å². The third-order valence-corrected chi connectivity index (χ3v) is 2.57. The van der Waals surface area contributed by atoms with Gasteiger partial charge >= 0.3 is 5.69 Å². The van der Waals surface area contributed by atoms with Gasteiger partial charge in [0.1, 0.15) is 11.6 Å². The summed E-state index contributed by atoms with van der Waals surface area (Å²) < 4.78 is 15.0. The van der Waals surface area contributed by atoms with Crippen LogP contribution in [0, 0.1) is 5.82 Å². The fourth-order valence-corrected chi connectivity index (χ4v) is 1.91. The Morgan fingerprint density at radius 3 is 3.20 bits per heavy atom. The second-order valence-electron chi connectivity index (χ2n) is 3.46. The van der Waals surface area contributed by atoms with E-state index in [4.69, 9.17) is 0 Å². The highest BCUT2D eigenvalue weighted by molar-refractivity contribution is 5.90. The molecule has 0 fully saturated rings. The average molecular weight is 205 g/mol. The largest absolute Gasteiger partial charge is 0.369 e. The van der Waals surface area contributed by atoms with Gasteiger partial charge < -0.3 is 5.32 Å². The maximum absolute atomic E-state index is 13.6. The van der Waals surface area contributed by atoms with Gasteiger partial charge in [0.2, 0.25) is 0 Å². The topological polar surface area (TPSA) is 46.9 Å². The first-order valence-electron chi connectivity index (χ1n) is 4.70. The molecule has 1 aromatic heterocycles. The van der Waals surface area contributed by atoms with Crippen molar-refractivity contribution in [1.82, 2.24) is 9.55 Å². The first-order chi connectivity index (χ1) is 7.27. The Hall–Kier alpha value is -1.91. The number of rotatable bonds is 0. The summed E-state index contributed by atoms with van der Waals surface area (Å²) in [5.41, 5.74) is 0.0775. The van der Waals surface area contributed by atoms with Gasteiger partial charge in [0.25, 0.3) is 0 Å². The maximum Gasteiger partial charge on any atom is 0.349 e. The summed E-state index contributed by atoms with van der Waals surface area (Å²) in [5, 5.41) is 3.41. The third kappa shape index (κ3) is 1.06. The van der Waals surface area contributed by atoms with Gasteiger partial charge in [-0.1, -0.05) is 6.07 Å². The summed E-state index contributed by atoms with van der Waals surface area (Å²) in [4.78, 5) is 15.4. The first kappa shape index (κ1) is 8.40. The van der Waals surface area contributed by atoms with Crippen molar-refractivity contribution in [3.8, 4) is 0 Å². The number of halogens is 1. The fourth-order valence-electron chi connectivity index (χ4n) is 1.91. The van der Waals surface area contributed by atoms with Crippen LogP contribution in [0.4, 0.5) is 10.2 Å². The van der Waals surface area contributed by atoms with Gasteiger partial charge in [-0.3, -0.25) is 4.57 Å². The van der Waals surface area contributed by atoms with Crippen LogP contribution < -0.4 is 11.0 Å². The molecule has 0 saturated carbocycles. The molecule has 5 heteroatoms. The van der Waals surface area contributed by atoms with Crippen LogP contribution >= 0.6 is 0 Å². The molecule has 76 valence electrons. The van der Waals surface area contributed by atoms with Crippen LogP contribution in [-0.4, -0.2) is 16.1 Å². The lowest BCUT2D eigenvalue weighted by atomic mass is 10.2. The highest BCUT2D eigenvalue weighted by Gasteiger charge is 2.17. The summed E-state index contributed by atoms with van der Waals surface area (Å²) in [5.74, 6) is 0.196. The van der Waals surface area contributed by atoms with E-state index in [0.29, 0.717) is 29.8 Å². The number of hydrogen-bond acceptors (Lipinski definition) is 3. The molecule has 0 radical (unpaired) electrons. The second-order valence-corrected chi connectivity index (χ2v) is 3.46. The van der Waals surface area contributed by atoms with Crippen LogP contribution in [0.1, 0.15) is 0 Å². The van der Waals surface area contributed by atoms with Crippen LogP contribution in [0.15, 0.2) is 23.0 Å². The van der Waals surface area contributed by atoms with Gasteiger partial charge in [-0.25, -0.2) is 9.18 Å². The average Bonchev–Trinajstić information content (AvgIpc) is 2.66. The molecule has 2 heterocycles. The number of fused-ring (bicyclic) bond motifs is 3. The predicted molar refractivity (Wildman–Crippen MR) is 54.5 cm³/mol. The summed E-state index contributed by atoms with van der Waals surface area (Å²) in [6.07, 6.45) is 0. The molecule has 0 atom stereocenters. The van der Waals surface area contributed by atoms with Crippen molar-refractivity contribution in [3.63, 3.8) is 0 Å². The van der Waals surface area contributed by atoms with Crippen LogP contribution in [0.25, 0.3) is 10.9 Å². The lowest BCUT2D eigenvalue weighted by Crippen LogP contribution is -2.21. The Balaban J connectivity index is 2.55. The Morgan fingerprint density at radius 1 is 1.47 bits per heavy atom. The Bertz CT molecular complexity index is 605. The van der Waals surface area contributed by atoms with E-state index in [1.54, 1.807) is 12.1 Å². The molecule has 1 aliphatic heterocycles. The zero-order valence-electron chi connectivity index (χ0n) is 7.83. The van der Waals surface area contributed by atoms with Gasteiger partial charge in [-0.15, -0.1) is 0 Å². The Morgan fingerprint density at radius 2 is 2.33 bits per heavy atom. The van der Waals surface area contributed by atoms with E-state index < -0.39 is 0 Å². The SMILES string of the molecule is O=c1nc2cccc(F)c2c2n1CCN2. The molecule has 0 aliphatic carbocycles. The lowest BCUT2D eigenvalue weighted by molar-refractivity contribution is 0.638. The van der Waals surface area contributed by atoms with E-state index >= 15 is 0 Å². The van der Waals surface area contributed by atoms with E-state index in [9.17, 15) is 9.18 Å². The fraction of sp³-hybridized carbons (Fsp3) is 0.200. The molecule has 1 N–H and O–H groups in total. The first-order valence-corrected chi connectivity index (χ1v) is 4.70. The summed E-state index contributed by atoms with van der Waals surface area (Å²) in [6, 6.07) is 4.56. The van der Waals surface area contributed by atoms with Gasteiger partial charge in [-0.05, 0) is 12.1 Å². The van der Waals surface area contributed by atoms with Crippen molar-refractivity contribution in [2.45, 2.75) is 6.54 Å². The minimum atomic E-state index is -0.349. The second kappa shape index (κ2) is 2.79.